The SMILES string of the molecule is COC[C@@H]1CC2(CCN(C(=O)c3cccnc3OC)CC2)CN1C. The van der Waals surface area contributed by atoms with Crippen molar-refractivity contribution in [1.29, 1.82) is 0 Å². The first-order valence-corrected chi connectivity index (χ1v) is 8.56. The van der Waals surface area contributed by atoms with Gasteiger partial charge in [0.2, 0.25) is 5.88 Å². The van der Waals surface area contributed by atoms with Crippen molar-refractivity contribution < 1.29 is 14.3 Å². The predicted octanol–water partition coefficient (Wildman–Crippen LogP) is 1.66. The molecule has 3 heterocycles. The molecule has 2 aliphatic rings. The van der Waals surface area contributed by atoms with Gasteiger partial charge in [-0.15, -0.1) is 0 Å². The third-order valence-corrected chi connectivity index (χ3v) is 5.54. The van der Waals surface area contributed by atoms with Crippen LogP contribution in [0.5, 0.6) is 5.88 Å². The van der Waals surface area contributed by atoms with E-state index in [2.05, 4.69) is 16.9 Å². The number of rotatable bonds is 4. The van der Waals surface area contributed by atoms with Gasteiger partial charge in [-0.25, -0.2) is 4.98 Å². The molecule has 2 aliphatic heterocycles. The zero-order valence-corrected chi connectivity index (χ0v) is 14.8. The summed E-state index contributed by atoms with van der Waals surface area (Å²) in [5, 5.41) is 0. The maximum absolute atomic E-state index is 12.8. The number of ether oxygens (including phenoxy) is 2. The summed E-state index contributed by atoms with van der Waals surface area (Å²) in [6.45, 7) is 3.47. The van der Waals surface area contributed by atoms with Crippen LogP contribution < -0.4 is 4.74 Å². The average Bonchev–Trinajstić information content (AvgIpc) is 2.90. The number of pyridine rings is 1. The maximum atomic E-state index is 12.8. The third-order valence-electron chi connectivity index (χ3n) is 5.54. The van der Waals surface area contributed by atoms with Gasteiger partial charge >= 0.3 is 0 Å². The number of likely N-dealkylation sites (tertiary alicyclic amines) is 2. The fourth-order valence-electron chi connectivity index (χ4n) is 4.19. The Morgan fingerprint density at radius 3 is 2.79 bits per heavy atom. The minimum Gasteiger partial charge on any atom is -0.480 e. The molecule has 0 aromatic carbocycles. The monoisotopic (exact) mass is 333 g/mol. The van der Waals surface area contributed by atoms with Crippen molar-refractivity contribution in [2.75, 3.05) is 47.5 Å². The largest absolute Gasteiger partial charge is 0.480 e. The molecule has 6 nitrogen and oxygen atoms in total. The zero-order valence-electron chi connectivity index (χ0n) is 14.8. The number of amides is 1. The van der Waals surface area contributed by atoms with E-state index in [0.717, 1.165) is 45.5 Å². The number of methoxy groups -OCH3 is 2. The van der Waals surface area contributed by atoms with Crippen molar-refractivity contribution in [2.24, 2.45) is 5.41 Å². The summed E-state index contributed by atoms with van der Waals surface area (Å²) < 4.78 is 10.6. The number of carbonyl (C=O) groups is 1. The highest BCUT2D eigenvalue weighted by Crippen LogP contribution is 2.43. The number of likely N-dealkylation sites (N-methyl/N-ethyl adjacent to an activating group) is 1. The average molecular weight is 333 g/mol. The highest BCUT2D eigenvalue weighted by molar-refractivity contribution is 5.96. The van der Waals surface area contributed by atoms with Gasteiger partial charge in [0.25, 0.3) is 5.91 Å². The number of hydrogen-bond acceptors (Lipinski definition) is 5. The molecule has 6 heteroatoms. The maximum Gasteiger partial charge on any atom is 0.259 e. The van der Waals surface area contributed by atoms with Crippen molar-refractivity contribution in [3.8, 4) is 5.88 Å². The van der Waals surface area contributed by atoms with Crippen LogP contribution in [0.1, 0.15) is 29.6 Å². The van der Waals surface area contributed by atoms with Crippen LogP contribution in [0.4, 0.5) is 0 Å². The lowest BCUT2D eigenvalue weighted by Crippen LogP contribution is -2.44. The lowest BCUT2D eigenvalue weighted by Gasteiger charge is -2.39. The van der Waals surface area contributed by atoms with Crippen LogP contribution in [-0.4, -0.2) is 74.2 Å². The summed E-state index contributed by atoms with van der Waals surface area (Å²) in [7, 11) is 5.49. The molecular weight excluding hydrogens is 306 g/mol. The molecule has 0 aliphatic carbocycles. The van der Waals surface area contributed by atoms with Crippen molar-refractivity contribution >= 4 is 5.91 Å². The molecule has 0 N–H and O–H groups in total. The number of aromatic nitrogens is 1. The van der Waals surface area contributed by atoms with Crippen LogP contribution in [0.25, 0.3) is 0 Å². The highest BCUT2D eigenvalue weighted by Gasteiger charge is 2.44. The van der Waals surface area contributed by atoms with Crippen molar-refractivity contribution in [2.45, 2.75) is 25.3 Å². The van der Waals surface area contributed by atoms with Gasteiger partial charge in [-0.2, -0.15) is 0 Å². The molecule has 1 aromatic rings. The van der Waals surface area contributed by atoms with E-state index in [1.807, 2.05) is 4.90 Å². The van der Waals surface area contributed by atoms with Crippen LogP contribution in [0.15, 0.2) is 18.3 Å². The number of hydrogen-bond donors (Lipinski definition) is 0. The first-order chi connectivity index (χ1) is 11.6. The molecule has 1 spiro atoms. The molecule has 2 saturated heterocycles. The minimum atomic E-state index is 0.0228. The topological polar surface area (TPSA) is 54.9 Å². The molecule has 1 atom stereocenters. The van der Waals surface area contributed by atoms with Gasteiger partial charge in [0.15, 0.2) is 0 Å². The van der Waals surface area contributed by atoms with Crippen LogP contribution in [0, 0.1) is 5.41 Å². The zero-order chi connectivity index (χ0) is 17.2. The second kappa shape index (κ2) is 7.07. The van der Waals surface area contributed by atoms with Gasteiger partial charge in [0.1, 0.15) is 5.56 Å². The van der Waals surface area contributed by atoms with Crippen molar-refractivity contribution in [1.82, 2.24) is 14.8 Å². The van der Waals surface area contributed by atoms with Gasteiger partial charge in [0.05, 0.1) is 13.7 Å². The lowest BCUT2D eigenvalue weighted by molar-refractivity contribution is 0.0588. The summed E-state index contributed by atoms with van der Waals surface area (Å²) in [5.41, 5.74) is 0.880. The number of piperidine rings is 1. The Morgan fingerprint density at radius 1 is 1.38 bits per heavy atom. The highest BCUT2D eigenvalue weighted by atomic mass is 16.5. The molecule has 0 unspecified atom stereocenters. The first-order valence-electron chi connectivity index (χ1n) is 8.56. The molecule has 132 valence electrons. The smallest absolute Gasteiger partial charge is 0.259 e. The Balaban J connectivity index is 1.64. The van der Waals surface area contributed by atoms with Crippen LogP contribution in [0.3, 0.4) is 0 Å². The molecule has 0 saturated carbocycles. The van der Waals surface area contributed by atoms with Crippen LogP contribution in [-0.2, 0) is 4.74 Å². The standard InChI is InChI=1S/C18H27N3O3/c1-20-13-18(11-14(20)12-23-2)6-9-21(10-7-18)17(22)15-5-4-8-19-16(15)24-3/h4-5,8,14H,6-7,9-13H2,1-3H3/t14-/m0/s1. The van der Waals surface area contributed by atoms with Gasteiger partial charge in [-0.1, -0.05) is 0 Å². The van der Waals surface area contributed by atoms with Crippen molar-refractivity contribution in [3.63, 3.8) is 0 Å². The first kappa shape index (κ1) is 17.2. The van der Waals surface area contributed by atoms with Gasteiger partial charge < -0.3 is 19.3 Å². The lowest BCUT2D eigenvalue weighted by atomic mass is 9.76. The third kappa shape index (κ3) is 3.26. The van der Waals surface area contributed by atoms with Crippen molar-refractivity contribution in [3.05, 3.63) is 23.9 Å². The predicted molar refractivity (Wildman–Crippen MR) is 91.3 cm³/mol. The fraction of sp³-hybridized carbons (Fsp3) is 0.667. The van der Waals surface area contributed by atoms with E-state index in [4.69, 9.17) is 9.47 Å². The Bertz CT molecular complexity index is 585. The Labute approximate surface area is 143 Å². The van der Waals surface area contributed by atoms with Gasteiger partial charge in [-0.3, -0.25) is 4.79 Å². The number of carbonyl (C=O) groups excluding carboxylic acids is 1. The van der Waals surface area contributed by atoms with E-state index in [1.165, 1.54) is 0 Å². The molecule has 1 amide bonds. The normalized spacial score (nSPS) is 23.6. The molecule has 2 fully saturated rings. The van der Waals surface area contributed by atoms with E-state index in [0.29, 0.717) is 22.9 Å². The Kier molecular flexibility index (Phi) is 5.06. The Hall–Kier alpha value is -1.66. The fourth-order valence-corrected chi connectivity index (χ4v) is 4.19. The summed E-state index contributed by atoms with van der Waals surface area (Å²) in [6.07, 6.45) is 4.90. The number of nitrogens with zero attached hydrogens (tertiary/aromatic N) is 3. The molecular formula is C18H27N3O3. The molecule has 1 aromatic heterocycles. The summed E-state index contributed by atoms with van der Waals surface area (Å²) >= 11 is 0. The summed E-state index contributed by atoms with van der Waals surface area (Å²) in [4.78, 5) is 21.3. The van der Waals surface area contributed by atoms with Crippen LogP contribution in [0.2, 0.25) is 0 Å². The van der Waals surface area contributed by atoms with E-state index in [1.54, 1.807) is 32.5 Å². The quantitative estimate of drug-likeness (QED) is 0.839. The Morgan fingerprint density at radius 2 is 2.12 bits per heavy atom. The van der Waals surface area contributed by atoms with E-state index >= 15 is 0 Å². The summed E-state index contributed by atoms with van der Waals surface area (Å²) in [6, 6.07) is 4.06. The molecule has 24 heavy (non-hydrogen) atoms. The van der Waals surface area contributed by atoms with Gasteiger partial charge in [-0.05, 0) is 43.9 Å². The second-order valence-electron chi connectivity index (χ2n) is 7.08. The molecule has 0 radical (unpaired) electrons. The molecule has 3 rings (SSSR count). The van der Waals surface area contributed by atoms with E-state index < -0.39 is 0 Å². The molecule has 0 bridgehead atoms. The van der Waals surface area contributed by atoms with Crippen LogP contribution >= 0.6 is 0 Å². The van der Waals surface area contributed by atoms with E-state index in [-0.39, 0.29) is 5.91 Å². The minimum absolute atomic E-state index is 0.0228. The summed E-state index contributed by atoms with van der Waals surface area (Å²) in [5.74, 6) is 0.429. The van der Waals surface area contributed by atoms with Gasteiger partial charge in [0, 0.05) is 39.0 Å². The van der Waals surface area contributed by atoms with E-state index in [9.17, 15) is 4.79 Å². The second-order valence-corrected chi connectivity index (χ2v) is 7.08.